The molecule has 0 saturated carbocycles. The summed E-state index contributed by atoms with van der Waals surface area (Å²) in [5, 5.41) is 19.0. The molecule has 4 nitrogen and oxygen atoms in total. The predicted molar refractivity (Wildman–Crippen MR) is 124 cm³/mol. The van der Waals surface area contributed by atoms with Gasteiger partial charge in [0.15, 0.2) is 0 Å². The van der Waals surface area contributed by atoms with Crippen LogP contribution in [0.5, 0.6) is 0 Å². The second-order valence-electron chi connectivity index (χ2n) is 7.11. The zero-order valence-corrected chi connectivity index (χ0v) is 16.9. The molecular weight excluding hydrogens is 400 g/mol. The van der Waals surface area contributed by atoms with Crippen LogP contribution in [0, 0.1) is 11.8 Å². The number of benzene rings is 4. The quantitative estimate of drug-likeness (QED) is 0.410. The molecule has 4 heteroatoms. The molecule has 32 heavy (non-hydrogen) atoms. The summed E-state index contributed by atoms with van der Waals surface area (Å²) in [4.78, 5) is 23.2. The van der Waals surface area contributed by atoms with E-state index < -0.39 is 11.9 Å². The number of aromatic carboxylic acids is 2. The first-order chi connectivity index (χ1) is 15.5. The molecule has 0 bridgehead atoms. The normalized spacial score (nSPS) is 10.1. The van der Waals surface area contributed by atoms with Crippen molar-refractivity contribution in [3.63, 3.8) is 0 Å². The van der Waals surface area contributed by atoms with Crippen LogP contribution in [0.2, 0.25) is 0 Å². The molecule has 0 radical (unpaired) electrons. The fraction of sp³-hybridized carbons (Fsp3) is 0. The van der Waals surface area contributed by atoms with Crippen molar-refractivity contribution < 1.29 is 19.8 Å². The van der Waals surface area contributed by atoms with Crippen LogP contribution in [0.4, 0.5) is 0 Å². The van der Waals surface area contributed by atoms with E-state index in [4.69, 9.17) is 0 Å². The molecule has 0 unspecified atom stereocenters. The number of rotatable bonds is 4. The maximum Gasteiger partial charge on any atom is 0.336 e. The van der Waals surface area contributed by atoms with Crippen LogP contribution < -0.4 is 0 Å². The smallest absolute Gasteiger partial charge is 0.336 e. The van der Waals surface area contributed by atoms with Gasteiger partial charge in [-0.2, -0.15) is 0 Å². The van der Waals surface area contributed by atoms with Crippen LogP contribution in [0.25, 0.3) is 22.3 Å². The van der Waals surface area contributed by atoms with Gasteiger partial charge in [0.2, 0.25) is 0 Å². The summed E-state index contributed by atoms with van der Waals surface area (Å²) in [6.07, 6.45) is 0. The Morgan fingerprint density at radius 3 is 2.06 bits per heavy atom. The molecule has 4 rings (SSSR count). The summed E-state index contributed by atoms with van der Waals surface area (Å²) >= 11 is 0. The van der Waals surface area contributed by atoms with E-state index in [-0.39, 0.29) is 11.1 Å². The second kappa shape index (κ2) is 9.03. The molecule has 0 spiro atoms. The van der Waals surface area contributed by atoms with E-state index in [0.29, 0.717) is 16.7 Å². The third-order valence-corrected chi connectivity index (χ3v) is 5.03. The number of hydrogen-bond donors (Lipinski definition) is 2. The van der Waals surface area contributed by atoms with Crippen LogP contribution in [-0.4, -0.2) is 22.2 Å². The van der Waals surface area contributed by atoms with Crippen molar-refractivity contribution >= 4 is 11.9 Å². The number of carbonyl (C=O) groups is 2. The highest BCUT2D eigenvalue weighted by molar-refractivity contribution is 5.99. The average molecular weight is 418 g/mol. The van der Waals surface area contributed by atoms with Crippen molar-refractivity contribution in [2.75, 3.05) is 0 Å². The van der Waals surface area contributed by atoms with Crippen LogP contribution in [0.3, 0.4) is 0 Å². The monoisotopic (exact) mass is 418 g/mol. The maximum absolute atomic E-state index is 11.8. The molecule has 0 amide bonds. The Labute approximate surface area is 185 Å². The zero-order chi connectivity index (χ0) is 22.5. The van der Waals surface area contributed by atoms with E-state index in [2.05, 4.69) is 11.8 Å². The molecule has 154 valence electrons. The van der Waals surface area contributed by atoms with E-state index in [1.807, 2.05) is 60.7 Å². The van der Waals surface area contributed by atoms with Gasteiger partial charge in [-0.05, 0) is 58.7 Å². The fourth-order valence-electron chi connectivity index (χ4n) is 3.46. The lowest BCUT2D eigenvalue weighted by atomic mass is 9.93. The van der Waals surface area contributed by atoms with E-state index >= 15 is 0 Å². The second-order valence-corrected chi connectivity index (χ2v) is 7.11. The van der Waals surface area contributed by atoms with Crippen molar-refractivity contribution in [1.82, 2.24) is 0 Å². The minimum Gasteiger partial charge on any atom is -0.478 e. The van der Waals surface area contributed by atoms with Gasteiger partial charge in [-0.3, -0.25) is 0 Å². The SMILES string of the molecule is O=C(O)c1ccc(C(=O)O)c(-c2ccccc2C#Cc2cccc(-c3ccccc3)c2)c1. The number of carboxylic acids is 2. The van der Waals surface area contributed by atoms with Crippen LogP contribution in [0.1, 0.15) is 31.8 Å². The topological polar surface area (TPSA) is 74.6 Å². The number of carboxylic acid groups (broad SMARTS) is 2. The number of hydrogen-bond acceptors (Lipinski definition) is 2. The molecule has 0 aliphatic carbocycles. The highest BCUT2D eigenvalue weighted by atomic mass is 16.4. The Kier molecular flexibility index (Phi) is 5.83. The fourth-order valence-corrected chi connectivity index (χ4v) is 3.46. The highest BCUT2D eigenvalue weighted by Crippen LogP contribution is 2.28. The molecule has 0 saturated heterocycles. The Hall–Kier alpha value is -4.62. The minimum atomic E-state index is -1.13. The predicted octanol–water partition coefficient (Wildman–Crippen LogP) is 5.82. The van der Waals surface area contributed by atoms with Gasteiger partial charge in [-0.25, -0.2) is 9.59 Å². The van der Waals surface area contributed by atoms with Gasteiger partial charge in [0.05, 0.1) is 11.1 Å². The standard InChI is InChI=1S/C28H18O4/c29-27(30)23-15-16-25(28(31)32)26(18-23)24-12-5-4-10-21(24)14-13-19-7-6-11-22(17-19)20-8-2-1-3-9-20/h1-12,15-18H,(H,29,30)(H,31,32). The summed E-state index contributed by atoms with van der Waals surface area (Å²) in [6, 6.07) is 29.0. The molecule has 0 aromatic heterocycles. The summed E-state index contributed by atoms with van der Waals surface area (Å²) in [7, 11) is 0. The molecular formula is C28H18O4. The summed E-state index contributed by atoms with van der Waals surface area (Å²) in [5.74, 6) is 4.03. The van der Waals surface area contributed by atoms with Gasteiger partial charge < -0.3 is 10.2 Å². The maximum atomic E-state index is 11.8. The van der Waals surface area contributed by atoms with Crippen molar-refractivity contribution in [1.29, 1.82) is 0 Å². The average Bonchev–Trinajstić information content (AvgIpc) is 2.83. The molecule has 4 aromatic carbocycles. The van der Waals surface area contributed by atoms with Gasteiger partial charge in [-0.1, -0.05) is 72.5 Å². The van der Waals surface area contributed by atoms with Gasteiger partial charge in [0, 0.05) is 11.1 Å². The molecule has 0 aliphatic heterocycles. The summed E-state index contributed by atoms with van der Waals surface area (Å²) in [5.41, 5.74) is 4.50. The first-order valence-corrected chi connectivity index (χ1v) is 9.90. The van der Waals surface area contributed by atoms with Crippen LogP contribution >= 0.6 is 0 Å². The summed E-state index contributed by atoms with van der Waals surface area (Å²) < 4.78 is 0. The highest BCUT2D eigenvalue weighted by Gasteiger charge is 2.16. The first-order valence-electron chi connectivity index (χ1n) is 9.90. The largest absolute Gasteiger partial charge is 0.478 e. The molecule has 0 aliphatic rings. The van der Waals surface area contributed by atoms with Gasteiger partial charge in [-0.15, -0.1) is 0 Å². The Bertz CT molecular complexity index is 1380. The van der Waals surface area contributed by atoms with Crippen LogP contribution in [-0.2, 0) is 0 Å². The van der Waals surface area contributed by atoms with E-state index in [0.717, 1.165) is 16.7 Å². The van der Waals surface area contributed by atoms with Crippen molar-refractivity contribution in [2.45, 2.75) is 0 Å². The van der Waals surface area contributed by atoms with Crippen LogP contribution in [0.15, 0.2) is 97.1 Å². The first kappa shape index (κ1) is 20.6. The van der Waals surface area contributed by atoms with E-state index in [1.54, 1.807) is 18.2 Å². The van der Waals surface area contributed by atoms with Gasteiger partial charge in [0.1, 0.15) is 0 Å². The molecule has 0 heterocycles. The van der Waals surface area contributed by atoms with Crippen molar-refractivity contribution in [2.24, 2.45) is 0 Å². The lowest BCUT2D eigenvalue weighted by Gasteiger charge is -2.10. The van der Waals surface area contributed by atoms with Gasteiger partial charge >= 0.3 is 11.9 Å². The van der Waals surface area contributed by atoms with E-state index in [9.17, 15) is 19.8 Å². The van der Waals surface area contributed by atoms with Crippen molar-refractivity contribution in [3.05, 3.63) is 119 Å². The third kappa shape index (κ3) is 4.43. The third-order valence-electron chi connectivity index (χ3n) is 5.03. The van der Waals surface area contributed by atoms with Gasteiger partial charge in [0.25, 0.3) is 0 Å². The Morgan fingerprint density at radius 1 is 0.594 bits per heavy atom. The summed E-state index contributed by atoms with van der Waals surface area (Å²) in [6.45, 7) is 0. The molecule has 2 N–H and O–H groups in total. The minimum absolute atomic E-state index is 0.0170. The van der Waals surface area contributed by atoms with Crippen molar-refractivity contribution in [3.8, 4) is 34.1 Å². The Balaban J connectivity index is 1.78. The zero-order valence-electron chi connectivity index (χ0n) is 16.9. The molecule has 4 aromatic rings. The molecule has 0 fully saturated rings. The lowest BCUT2D eigenvalue weighted by molar-refractivity contribution is 0.0682. The lowest BCUT2D eigenvalue weighted by Crippen LogP contribution is -2.04. The molecule has 0 atom stereocenters. The van der Waals surface area contributed by atoms with E-state index in [1.165, 1.54) is 18.2 Å². The Morgan fingerprint density at radius 2 is 1.31 bits per heavy atom.